The van der Waals surface area contributed by atoms with Crippen LogP contribution in [0.2, 0.25) is 0 Å². The van der Waals surface area contributed by atoms with E-state index >= 15 is 0 Å². The lowest BCUT2D eigenvalue weighted by Crippen LogP contribution is -2.40. The van der Waals surface area contributed by atoms with Gasteiger partial charge in [0.25, 0.3) is 5.56 Å². The Balaban J connectivity index is 1.92. The molecule has 9 heteroatoms. The van der Waals surface area contributed by atoms with Gasteiger partial charge in [0.2, 0.25) is 0 Å². The van der Waals surface area contributed by atoms with Crippen LogP contribution in [0.15, 0.2) is 63.5 Å². The van der Waals surface area contributed by atoms with E-state index in [2.05, 4.69) is 4.99 Å². The summed E-state index contributed by atoms with van der Waals surface area (Å²) < 4.78 is 18.3. The van der Waals surface area contributed by atoms with Gasteiger partial charge >= 0.3 is 11.9 Å². The molecule has 0 aliphatic carbocycles. The second-order valence-corrected chi connectivity index (χ2v) is 10.5. The fourth-order valence-corrected chi connectivity index (χ4v) is 5.17. The molecule has 1 aromatic heterocycles. The predicted octanol–water partition coefficient (Wildman–Crippen LogP) is 3.68. The Morgan fingerprint density at radius 3 is 2.45 bits per heavy atom. The van der Waals surface area contributed by atoms with Crippen molar-refractivity contribution in [1.29, 1.82) is 0 Å². The Bertz CT molecular complexity index is 1600. The molecule has 198 valence electrons. The largest absolute Gasteiger partial charge is 0.493 e. The maximum atomic E-state index is 13.8. The number of aromatic nitrogens is 1. The van der Waals surface area contributed by atoms with Crippen molar-refractivity contribution in [3.63, 3.8) is 0 Å². The number of hydrogen-bond donors (Lipinski definition) is 0. The molecule has 2 heterocycles. The Morgan fingerprint density at radius 2 is 1.82 bits per heavy atom. The van der Waals surface area contributed by atoms with Crippen LogP contribution in [0.4, 0.5) is 0 Å². The Hall–Kier alpha value is -3.98. The average Bonchev–Trinajstić information content (AvgIpc) is 3.17. The number of carbonyl (C=O) groups is 2. The Labute approximate surface area is 224 Å². The number of hydrogen-bond acceptors (Lipinski definition) is 8. The number of ether oxygens (including phenoxy) is 3. The number of benzene rings is 2. The van der Waals surface area contributed by atoms with E-state index in [0.29, 0.717) is 26.3 Å². The molecule has 0 radical (unpaired) electrons. The highest BCUT2D eigenvalue weighted by Crippen LogP contribution is 2.36. The van der Waals surface area contributed by atoms with Crippen molar-refractivity contribution < 1.29 is 23.8 Å². The Kier molecular flexibility index (Phi) is 7.97. The maximum absolute atomic E-state index is 13.8. The van der Waals surface area contributed by atoms with Crippen molar-refractivity contribution in [2.24, 2.45) is 10.9 Å². The average molecular weight is 535 g/mol. The maximum Gasteiger partial charge on any atom is 0.338 e. The normalized spacial score (nSPS) is 15.2. The second kappa shape index (κ2) is 11.2. The lowest BCUT2D eigenvalue weighted by molar-refractivity contribution is -0.140. The highest BCUT2D eigenvalue weighted by Gasteiger charge is 2.34. The minimum Gasteiger partial charge on any atom is -0.493 e. The van der Waals surface area contributed by atoms with Gasteiger partial charge in [-0.05, 0) is 49.1 Å². The summed E-state index contributed by atoms with van der Waals surface area (Å²) in [6.07, 6.45) is 1.82. The first kappa shape index (κ1) is 27.1. The number of nitrogens with zero attached hydrogens (tertiary/aromatic N) is 2. The molecule has 0 spiro atoms. The van der Waals surface area contributed by atoms with Crippen LogP contribution in [0.25, 0.3) is 6.08 Å². The summed E-state index contributed by atoms with van der Waals surface area (Å²) in [6.45, 7) is 9.17. The van der Waals surface area contributed by atoms with Crippen LogP contribution in [0.1, 0.15) is 50.4 Å². The van der Waals surface area contributed by atoms with Crippen molar-refractivity contribution in [3.05, 3.63) is 90.1 Å². The van der Waals surface area contributed by atoms with Crippen molar-refractivity contribution in [1.82, 2.24) is 4.57 Å². The molecule has 0 bridgehead atoms. The van der Waals surface area contributed by atoms with Gasteiger partial charge in [0.15, 0.2) is 16.3 Å². The van der Waals surface area contributed by atoms with Crippen LogP contribution in [-0.2, 0) is 14.3 Å². The highest BCUT2D eigenvalue weighted by atomic mass is 32.1. The number of allylic oxidation sites excluding steroid dienone is 1. The molecular formula is C29H30N2O6S. The molecule has 38 heavy (non-hydrogen) atoms. The quantitative estimate of drug-likeness (QED) is 0.339. The van der Waals surface area contributed by atoms with E-state index in [1.807, 2.05) is 51.1 Å². The van der Waals surface area contributed by atoms with Crippen LogP contribution >= 0.6 is 11.3 Å². The smallest absolute Gasteiger partial charge is 0.338 e. The molecule has 1 atom stereocenters. The molecule has 0 saturated carbocycles. The zero-order chi connectivity index (χ0) is 27.6. The summed E-state index contributed by atoms with van der Waals surface area (Å²) in [4.78, 5) is 43.8. The number of rotatable bonds is 7. The summed E-state index contributed by atoms with van der Waals surface area (Å²) in [7, 11) is 1.46. The predicted molar refractivity (Wildman–Crippen MR) is 145 cm³/mol. The third-order valence-corrected chi connectivity index (χ3v) is 6.90. The first-order valence-corrected chi connectivity index (χ1v) is 13.0. The van der Waals surface area contributed by atoms with Gasteiger partial charge < -0.3 is 14.2 Å². The summed E-state index contributed by atoms with van der Waals surface area (Å²) in [5.41, 5.74) is 3.06. The van der Waals surface area contributed by atoms with E-state index in [1.165, 1.54) is 29.9 Å². The molecular weight excluding hydrogens is 504 g/mol. The van der Waals surface area contributed by atoms with E-state index in [4.69, 9.17) is 14.2 Å². The van der Waals surface area contributed by atoms with Gasteiger partial charge in [-0.1, -0.05) is 61.1 Å². The summed E-state index contributed by atoms with van der Waals surface area (Å²) >= 11 is 1.26. The molecule has 0 fully saturated rings. The van der Waals surface area contributed by atoms with Crippen LogP contribution in [-0.4, -0.2) is 30.2 Å². The highest BCUT2D eigenvalue weighted by molar-refractivity contribution is 7.07. The minimum atomic E-state index is -0.814. The third-order valence-electron chi connectivity index (χ3n) is 5.92. The molecule has 0 unspecified atom stereocenters. The molecule has 0 amide bonds. The lowest BCUT2D eigenvalue weighted by Gasteiger charge is -2.25. The minimum absolute atomic E-state index is 0.136. The van der Waals surface area contributed by atoms with Crippen LogP contribution in [0.3, 0.4) is 0 Å². The van der Waals surface area contributed by atoms with E-state index in [1.54, 1.807) is 25.1 Å². The van der Waals surface area contributed by atoms with Crippen molar-refractivity contribution in [2.75, 3.05) is 13.7 Å². The molecule has 1 aliphatic heterocycles. The number of fused-ring (bicyclic) bond motifs is 1. The fraction of sp³-hybridized carbons (Fsp3) is 0.310. The van der Waals surface area contributed by atoms with E-state index in [9.17, 15) is 14.4 Å². The van der Waals surface area contributed by atoms with Gasteiger partial charge in [0.05, 0.1) is 35.6 Å². The second-order valence-electron chi connectivity index (χ2n) is 9.49. The molecule has 8 nitrogen and oxygen atoms in total. The number of esters is 2. The van der Waals surface area contributed by atoms with Gasteiger partial charge in [-0.25, -0.2) is 9.79 Å². The summed E-state index contributed by atoms with van der Waals surface area (Å²) in [5.74, 6) is -0.365. The van der Waals surface area contributed by atoms with Gasteiger partial charge in [-0.3, -0.25) is 14.2 Å². The summed E-state index contributed by atoms with van der Waals surface area (Å²) in [5, 5.41) is 0. The molecule has 0 N–H and O–H groups in total. The summed E-state index contributed by atoms with van der Waals surface area (Å²) in [6, 6.07) is 12.0. The first-order chi connectivity index (χ1) is 18.1. The molecule has 2 aromatic carbocycles. The number of aryl methyl sites for hydroxylation is 1. The molecule has 4 rings (SSSR count). The van der Waals surface area contributed by atoms with Gasteiger partial charge in [0.1, 0.15) is 0 Å². The number of carbonyl (C=O) groups excluding carboxylic acids is 2. The van der Waals surface area contributed by atoms with Crippen LogP contribution in [0, 0.1) is 12.8 Å². The Morgan fingerprint density at radius 1 is 1.11 bits per heavy atom. The topological polar surface area (TPSA) is 96.2 Å². The molecule has 3 aromatic rings. The van der Waals surface area contributed by atoms with Crippen molar-refractivity contribution in [2.45, 2.75) is 40.7 Å². The van der Waals surface area contributed by atoms with Crippen LogP contribution < -0.4 is 24.4 Å². The SMILES string of the molecule is COc1cc([C@@H]2C(C(=O)OCC(C)C)=C(C)N=c3s/c(=C/c4ccc(C)cc4)c(=O)n32)ccc1OC(C)=O. The van der Waals surface area contributed by atoms with Crippen LogP contribution in [0.5, 0.6) is 11.5 Å². The van der Waals surface area contributed by atoms with E-state index in [0.717, 1.165) is 11.1 Å². The monoisotopic (exact) mass is 534 g/mol. The van der Waals surface area contributed by atoms with Crippen molar-refractivity contribution >= 4 is 29.4 Å². The van der Waals surface area contributed by atoms with Gasteiger partial charge in [-0.15, -0.1) is 0 Å². The zero-order valence-electron chi connectivity index (χ0n) is 22.2. The molecule has 1 aliphatic rings. The standard InChI is InChI=1S/C29H30N2O6S/c1-16(2)15-36-28(34)25-18(4)30-29-31(27(33)24(38-29)13-20-9-7-17(3)8-10-20)26(25)21-11-12-22(37-19(5)32)23(14-21)35-6/h7-14,16,26H,15H2,1-6H3/b24-13+/t26-/m1/s1. The fourth-order valence-electron chi connectivity index (χ4n) is 4.13. The number of thiazole rings is 1. The number of methoxy groups -OCH3 is 1. The van der Waals surface area contributed by atoms with Gasteiger partial charge in [-0.2, -0.15) is 0 Å². The van der Waals surface area contributed by atoms with Gasteiger partial charge in [0, 0.05) is 6.92 Å². The van der Waals surface area contributed by atoms with Crippen molar-refractivity contribution in [3.8, 4) is 11.5 Å². The van der Waals surface area contributed by atoms with E-state index in [-0.39, 0.29) is 29.4 Å². The first-order valence-electron chi connectivity index (χ1n) is 12.2. The zero-order valence-corrected chi connectivity index (χ0v) is 23.0. The molecule has 0 saturated heterocycles. The lowest BCUT2D eigenvalue weighted by atomic mass is 9.95. The van der Waals surface area contributed by atoms with E-state index < -0.39 is 18.0 Å². The third kappa shape index (κ3) is 5.62.